The molecule has 0 aliphatic carbocycles. The van der Waals surface area contributed by atoms with Gasteiger partial charge in [-0.25, -0.2) is 4.98 Å². The van der Waals surface area contributed by atoms with Crippen molar-refractivity contribution in [2.75, 3.05) is 16.8 Å². The van der Waals surface area contributed by atoms with Gasteiger partial charge in [0.25, 0.3) is 0 Å². The lowest BCUT2D eigenvalue weighted by Gasteiger charge is -2.17. The van der Waals surface area contributed by atoms with E-state index in [1.54, 1.807) is 6.20 Å². The molecule has 7 heteroatoms. The summed E-state index contributed by atoms with van der Waals surface area (Å²) < 4.78 is 2.04. The number of carbonyl (C=O) groups excluding carboxylic acids is 1. The van der Waals surface area contributed by atoms with Crippen LogP contribution < -0.4 is 15.5 Å². The molecule has 2 N–H and O–H groups in total. The predicted octanol–water partition coefficient (Wildman–Crippen LogP) is 3.79. The number of hydrogen-bond donors (Lipinski definition) is 2. The smallest absolute Gasteiger partial charge is 0.227 e. The van der Waals surface area contributed by atoms with Crippen LogP contribution in [0.3, 0.4) is 0 Å². The zero-order chi connectivity index (χ0) is 20.2. The van der Waals surface area contributed by atoms with E-state index in [4.69, 9.17) is 12.2 Å². The number of nitrogens with one attached hydrogen (secondary N) is 2. The Labute approximate surface area is 175 Å². The highest BCUT2D eigenvalue weighted by molar-refractivity contribution is 7.80. The highest BCUT2D eigenvalue weighted by Crippen LogP contribution is 2.24. The molecule has 0 spiro atoms. The van der Waals surface area contributed by atoms with Crippen molar-refractivity contribution in [2.24, 2.45) is 0 Å². The van der Waals surface area contributed by atoms with E-state index in [-0.39, 0.29) is 5.91 Å². The highest BCUT2D eigenvalue weighted by atomic mass is 32.1. The third kappa shape index (κ3) is 4.46. The van der Waals surface area contributed by atoms with E-state index in [1.807, 2.05) is 46.9 Å². The molecule has 6 nitrogen and oxygen atoms in total. The first-order valence-electron chi connectivity index (χ1n) is 9.65. The van der Waals surface area contributed by atoms with Crippen LogP contribution in [-0.4, -0.2) is 27.1 Å². The zero-order valence-corrected chi connectivity index (χ0v) is 17.1. The second-order valence-corrected chi connectivity index (χ2v) is 7.43. The molecule has 29 heavy (non-hydrogen) atoms. The quantitative estimate of drug-likeness (QED) is 0.633. The first-order valence-corrected chi connectivity index (χ1v) is 10.1. The third-order valence-electron chi connectivity index (χ3n) is 4.98. The SMILES string of the molecule is Cc1nccn1-c1ccc(CNC(=S)Nc2cccc(N3CCCC3=O)c2)cc1. The van der Waals surface area contributed by atoms with Crippen molar-refractivity contribution in [3.05, 3.63) is 72.3 Å². The second kappa shape index (κ2) is 8.45. The summed E-state index contributed by atoms with van der Waals surface area (Å²) in [5.41, 5.74) is 3.99. The van der Waals surface area contributed by atoms with Gasteiger partial charge < -0.3 is 20.1 Å². The Hall–Kier alpha value is -3.19. The van der Waals surface area contributed by atoms with Crippen LogP contribution in [-0.2, 0) is 11.3 Å². The van der Waals surface area contributed by atoms with E-state index in [9.17, 15) is 4.79 Å². The van der Waals surface area contributed by atoms with Crippen molar-refractivity contribution in [1.29, 1.82) is 0 Å². The number of nitrogens with zero attached hydrogens (tertiary/aromatic N) is 3. The topological polar surface area (TPSA) is 62.2 Å². The molecule has 0 radical (unpaired) electrons. The normalized spacial score (nSPS) is 13.6. The lowest BCUT2D eigenvalue weighted by atomic mass is 10.2. The average Bonchev–Trinajstić information content (AvgIpc) is 3.35. The number of aryl methyl sites for hydroxylation is 1. The van der Waals surface area contributed by atoms with Crippen molar-refractivity contribution in [3.8, 4) is 5.69 Å². The van der Waals surface area contributed by atoms with E-state index < -0.39 is 0 Å². The van der Waals surface area contributed by atoms with Crippen LogP contribution in [0.4, 0.5) is 11.4 Å². The Kier molecular flexibility index (Phi) is 5.57. The standard InChI is InChI=1S/C22H23N5OS/c1-16-23-11-13-26(16)19-9-7-17(8-10-19)15-24-22(29)25-18-4-2-5-20(14-18)27-12-3-6-21(27)28/h2,4-5,7-11,13-14H,3,6,12,15H2,1H3,(H2,24,25,29). The van der Waals surface area contributed by atoms with Crippen molar-refractivity contribution in [1.82, 2.24) is 14.9 Å². The molecule has 148 valence electrons. The predicted molar refractivity (Wildman–Crippen MR) is 119 cm³/mol. The third-order valence-corrected chi connectivity index (χ3v) is 5.23. The van der Waals surface area contributed by atoms with E-state index in [0.29, 0.717) is 18.1 Å². The van der Waals surface area contributed by atoms with E-state index in [2.05, 4.69) is 39.9 Å². The van der Waals surface area contributed by atoms with Gasteiger partial charge in [0.2, 0.25) is 5.91 Å². The van der Waals surface area contributed by atoms with Gasteiger partial charge in [-0.2, -0.15) is 0 Å². The molecule has 4 rings (SSSR count). The molecular formula is C22H23N5OS. The van der Waals surface area contributed by atoms with Crippen molar-refractivity contribution < 1.29 is 4.79 Å². The average molecular weight is 406 g/mol. The summed E-state index contributed by atoms with van der Waals surface area (Å²) >= 11 is 5.43. The lowest BCUT2D eigenvalue weighted by molar-refractivity contribution is -0.117. The largest absolute Gasteiger partial charge is 0.358 e. The number of aromatic nitrogens is 2. The maximum absolute atomic E-state index is 11.9. The summed E-state index contributed by atoms with van der Waals surface area (Å²) in [4.78, 5) is 18.0. The summed E-state index contributed by atoms with van der Waals surface area (Å²) in [7, 11) is 0. The van der Waals surface area contributed by atoms with Crippen LogP contribution in [0.2, 0.25) is 0 Å². The highest BCUT2D eigenvalue weighted by Gasteiger charge is 2.21. The summed E-state index contributed by atoms with van der Waals surface area (Å²) in [6.45, 7) is 3.38. The molecule has 0 bridgehead atoms. The molecule has 0 saturated carbocycles. The van der Waals surface area contributed by atoms with Crippen LogP contribution in [0.1, 0.15) is 24.2 Å². The fraction of sp³-hybridized carbons (Fsp3) is 0.227. The Balaban J connectivity index is 1.33. The van der Waals surface area contributed by atoms with Crippen LogP contribution in [0.25, 0.3) is 5.69 Å². The maximum atomic E-state index is 11.9. The Morgan fingerprint density at radius 3 is 2.69 bits per heavy atom. The molecule has 2 heterocycles. The van der Waals surface area contributed by atoms with Gasteiger partial charge in [-0.3, -0.25) is 4.79 Å². The molecule has 1 saturated heterocycles. The summed E-state index contributed by atoms with van der Waals surface area (Å²) in [6.07, 6.45) is 5.28. The van der Waals surface area contributed by atoms with Crippen LogP contribution in [0.5, 0.6) is 0 Å². The molecule has 1 amide bonds. The molecule has 3 aromatic rings. The van der Waals surface area contributed by atoms with Crippen molar-refractivity contribution in [2.45, 2.75) is 26.3 Å². The van der Waals surface area contributed by atoms with E-state index in [1.165, 1.54) is 0 Å². The monoisotopic (exact) mass is 405 g/mol. The maximum Gasteiger partial charge on any atom is 0.227 e. The van der Waals surface area contributed by atoms with Gasteiger partial charge in [0, 0.05) is 49.0 Å². The lowest BCUT2D eigenvalue weighted by Crippen LogP contribution is -2.28. The number of rotatable bonds is 5. The van der Waals surface area contributed by atoms with Gasteiger partial charge in [0.05, 0.1) is 0 Å². The summed E-state index contributed by atoms with van der Waals surface area (Å²) in [6, 6.07) is 16.1. The van der Waals surface area contributed by atoms with Gasteiger partial charge in [-0.1, -0.05) is 18.2 Å². The van der Waals surface area contributed by atoms with Gasteiger partial charge in [0.15, 0.2) is 5.11 Å². The Morgan fingerprint density at radius 2 is 2.00 bits per heavy atom. The number of hydrogen-bond acceptors (Lipinski definition) is 3. The van der Waals surface area contributed by atoms with Crippen molar-refractivity contribution in [3.63, 3.8) is 0 Å². The number of amides is 1. The minimum atomic E-state index is 0.178. The Bertz CT molecular complexity index is 1030. The Morgan fingerprint density at radius 1 is 1.17 bits per heavy atom. The molecule has 2 aromatic carbocycles. The fourth-order valence-electron chi connectivity index (χ4n) is 3.46. The van der Waals surface area contributed by atoms with Crippen LogP contribution in [0.15, 0.2) is 60.9 Å². The molecule has 1 aliphatic heterocycles. The molecule has 1 aromatic heterocycles. The minimum Gasteiger partial charge on any atom is -0.358 e. The molecule has 0 atom stereocenters. The van der Waals surface area contributed by atoms with Gasteiger partial charge >= 0.3 is 0 Å². The van der Waals surface area contributed by atoms with Gasteiger partial charge in [0.1, 0.15) is 5.82 Å². The molecule has 1 aliphatic rings. The number of imidazole rings is 1. The zero-order valence-electron chi connectivity index (χ0n) is 16.3. The van der Waals surface area contributed by atoms with Gasteiger partial charge in [-0.15, -0.1) is 0 Å². The first kappa shape index (κ1) is 19.1. The van der Waals surface area contributed by atoms with E-state index in [0.717, 1.165) is 41.4 Å². The van der Waals surface area contributed by atoms with Crippen molar-refractivity contribution >= 4 is 34.6 Å². The van der Waals surface area contributed by atoms with Crippen LogP contribution >= 0.6 is 12.2 Å². The van der Waals surface area contributed by atoms with Crippen LogP contribution in [0, 0.1) is 6.92 Å². The molecule has 0 unspecified atom stereocenters. The second-order valence-electron chi connectivity index (χ2n) is 7.02. The number of thiocarbonyl (C=S) groups is 1. The van der Waals surface area contributed by atoms with Gasteiger partial charge in [-0.05, 0) is 61.5 Å². The molecular weight excluding hydrogens is 382 g/mol. The first-order chi connectivity index (χ1) is 14.1. The summed E-state index contributed by atoms with van der Waals surface area (Å²) in [5, 5.41) is 6.98. The summed E-state index contributed by atoms with van der Waals surface area (Å²) in [5.74, 6) is 1.14. The molecule has 1 fully saturated rings. The van der Waals surface area contributed by atoms with E-state index >= 15 is 0 Å². The number of anilines is 2. The number of benzene rings is 2. The fourth-order valence-corrected chi connectivity index (χ4v) is 3.65. The number of carbonyl (C=O) groups is 1. The minimum absolute atomic E-state index is 0.178.